The number of aryl methyl sites for hydroxylation is 2. The van der Waals surface area contributed by atoms with Crippen molar-refractivity contribution in [3.8, 4) is 0 Å². The molecule has 1 saturated heterocycles. The first-order valence-corrected chi connectivity index (χ1v) is 12.4. The number of hydrogen-bond acceptors (Lipinski definition) is 5. The van der Waals surface area contributed by atoms with E-state index in [1.54, 1.807) is 35.6 Å². The smallest absolute Gasteiger partial charge is 0.243 e. The Bertz CT molecular complexity index is 943. The molecule has 0 radical (unpaired) electrons. The van der Waals surface area contributed by atoms with Crippen LogP contribution in [0.2, 0.25) is 0 Å². The largest absolute Gasteiger partial charge is 0.361 e. The van der Waals surface area contributed by atoms with Crippen molar-refractivity contribution in [3.63, 3.8) is 0 Å². The SMILES string of the molecule is CCc1noc(CC)c1CNC(=NC)NCC1CCN(S(=O)(=O)c2ccccc2)CC1. The Kier molecular flexibility index (Phi) is 8.09. The van der Waals surface area contributed by atoms with Crippen molar-refractivity contribution < 1.29 is 12.9 Å². The molecule has 3 rings (SSSR count). The highest BCUT2D eigenvalue weighted by atomic mass is 32.2. The third kappa shape index (κ3) is 5.65. The monoisotopic (exact) mass is 447 g/mol. The van der Waals surface area contributed by atoms with Crippen LogP contribution < -0.4 is 10.6 Å². The van der Waals surface area contributed by atoms with Crippen LogP contribution in [0.3, 0.4) is 0 Å². The van der Waals surface area contributed by atoms with Crippen LogP contribution in [-0.2, 0) is 29.4 Å². The van der Waals surface area contributed by atoms with Gasteiger partial charge in [0.25, 0.3) is 0 Å². The summed E-state index contributed by atoms with van der Waals surface area (Å²) < 4.78 is 32.6. The number of nitrogens with one attached hydrogen (secondary N) is 2. The Morgan fingerprint density at radius 1 is 1.16 bits per heavy atom. The highest BCUT2D eigenvalue weighted by Gasteiger charge is 2.29. The van der Waals surface area contributed by atoms with Crippen LogP contribution >= 0.6 is 0 Å². The van der Waals surface area contributed by atoms with Crippen LogP contribution in [0, 0.1) is 5.92 Å². The Labute approximate surface area is 185 Å². The van der Waals surface area contributed by atoms with Gasteiger partial charge < -0.3 is 15.2 Å². The van der Waals surface area contributed by atoms with Gasteiger partial charge >= 0.3 is 0 Å². The van der Waals surface area contributed by atoms with Gasteiger partial charge in [0, 0.05) is 45.2 Å². The fourth-order valence-corrected chi connectivity index (χ4v) is 5.36. The van der Waals surface area contributed by atoms with E-state index < -0.39 is 10.0 Å². The van der Waals surface area contributed by atoms with Crippen molar-refractivity contribution >= 4 is 16.0 Å². The van der Waals surface area contributed by atoms with Gasteiger partial charge in [-0.15, -0.1) is 0 Å². The van der Waals surface area contributed by atoms with Crippen LogP contribution in [-0.4, -0.2) is 50.5 Å². The summed E-state index contributed by atoms with van der Waals surface area (Å²) in [5.41, 5.74) is 2.08. The number of hydrogen-bond donors (Lipinski definition) is 2. The molecule has 1 aliphatic rings. The molecule has 1 aromatic heterocycles. The molecule has 2 N–H and O–H groups in total. The highest BCUT2D eigenvalue weighted by molar-refractivity contribution is 7.89. The summed E-state index contributed by atoms with van der Waals surface area (Å²) in [7, 11) is -1.66. The first-order valence-electron chi connectivity index (χ1n) is 11.0. The summed E-state index contributed by atoms with van der Waals surface area (Å²) in [6.45, 7) is 6.57. The van der Waals surface area contributed by atoms with Gasteiger partial charge in [-0.1, -0.05) is 37.2 Å². The van der Waals surface area contributed by atoms with Crippen molar-refractivity contribution in [1.29, 1.82) is 0 Å². The maximum absolute atomic E-state index is 12.8. The van der Waals surface area contributed by atoms with Crippen molar-refractivity contribution in [3.05, 3.63) is 47.3 Å². The molecule has 9 heteroatoms. The quantitative estimate of drug-likeness (QED) is 0.477. The second kappa shape index (κ2) is 10.8. The van der Waals surface area contributed by atoms with Gasteiger partial charge in [-0.3, -0.25) is 4.99 Å². The summed E-state index contributed by atoms with van der Waals surface area (Å²) in [5, 5.41) is 10.9. The molecule has 0 atom stereocenters. The van der Waals surface area contributed by atoms with E-state index >= 15 is 0 Å². The van der Waals surface area contributed by atoms with Gasteiger partial charge in [0.15, 0.2) is 5.96 Å². The van der Waals surface area contributed by atoms with Crippen LogP contribution in [0.25, 0.3) is 0 Å². The van der Waals surface area contributed by atoms with Crippen molar-refractivity contribution in [2.75, 3.05) is 26.7 Å². The molecular weight excluding hydrogens is 414 g/mol. The Morgan fingerprint density at radius 2 is 1.87 bits per heavy atom. The van der Waals surface area contributed by atoms with Crippen LogP contribution in [0.1, 0.15) is 43.7 Å². The van der Waals surface area contributed by atoms with Gasteiger partial charge in [-0.2, -0.15) is 4.31 Å². The summed E-state index contributed by atoms with van der Waals surface area (Å²) in [6, 6.07) is 8.65. The zero-order chi connectivity index (χ0) is 22.3. The zero-order valence-electron chi connectivity index (χ0n) is 18.6. The van der Waals surface area contributed by atoms with E-state index in [2.05, 4.69) is 34.6 Å². The minimum absolute atomic E-state index is 0.364. The molecule has 31 heavy (non-hydrogen) atoms. The van der Waals surface area contributed by atoms with Gasteiger partial charge in [-0.25, -0.2) is 8.42 Å². The molecule has 2 heterocycles. The second-order valence-electron chi connectivity index (χ2n) is 7.71. The summed E-state index contributed by atoms with van der Waals surface area (Å²) in [5.74, 6) is 2.03. The molecule has 8 nitrogen and oxygen atoms in total. The van der Waals surface area contributed by atoms with E-state index in [4.69, 9.17) is 4.52 Å². The lowest BCUT2D eigenvalue weighted by Crippen LogP contribution is -2.44. The molecule has 2 aromatic rings. The minimum atomic E-state index is -3.41. The van der Waals surface area contributed by atoms with Gasteiger partial charge in [0.2, 0.25) is 10.0 Å². The lowest BCUT2D eigenvalue weighted by atomic mass is 9.98. The average Bonchev–Trinajstić information content (AvgIpc) is 3.22. The van der Waals surface area contributed by atoms with E-state index in [1.165, 1.54) is 0 Å². The molecule has 0 bridgehead atoms. The molecule has 0 saturated carbocycles. The summed E-state index contributed by atoms with van der Waals surface area (Å²) in [6.07, 6.45) is 3.28. The molecular formula is C22H33N5O3S. The van der Waals surface area contributed by atoms with Crippen molar-refractivity contribution in [1.82, 2.24) is 20.1 Å². The number of sulfonamides is 1. The molecule has 0 spiro atoms. The van der Waals surface area contributed by atoms with Crippen molar-refractivity contribution in [2.24, 2.45) is 10.9 Å². The van der Waals surface area contributed by atoms with E-state index in [9.17, 15) is 8.42 Å². The predicted octanol–water partition coefficient (Wildman–Crippen LogP) is 2.57. The summed E-state index contributed by atoms with van der Waals surface area (Å²) >= 11 is 0. The number of guanidine groups is 1. The molecule has 0 unspecified atom stereocenters. The number of aliphatic imine (C=N–C) groups is 1. The number of aromatic nitrogens is 1. The first kappa shape index (κ1) is 23.3. The lowest BCUT2D eigenvalue weighted by molar-refractivity contribution is 0.273. The highest BCUT2D eigenvalue weighted by Crippen LogP contribution is 2.23. The Hall–Kier alpha value is -2.39. The summed E-state index contributed by atoms with van der Waals surface area (Å²) in [4.78, 5) is 4.68. The maximum atomic E-state index is 12.8. The van der Waals surface area contributed by atoms with Crippen LogP contribution in [0.4, 0.5) is 0 Å². The number of rotatable bonds is 8. The number of piperidine rings is 1. The third-order valence-corrected chi connectivity index (χ3v) is 7.69. The number of nitrogens with zero attached hydrogens (tertiary/aromatic N) is 3. The van der Waals surface area contributed by atoms with Crippen LogP contribution in [0.5, 0.6) is 0 Å². The maximum Gasteiger partial charge on any atom is 0.243 e. The zero-order valence-corrected chi connectivity index (χ0v) is 19.4. The molecule has 1 aliphatic heterocycles. The normalized spacial score (nSPS) is 16.4. The molecule has 1 fully saturated rings. The molecule has 1 aromatic carbocycles. The van der Waals surface area contributed by atoms with Gasteiger partial charge in [-0.05, 0) is 37.3 Å². The third-order valence-electron chi connectivity index (χ3n) is 5.78. The average molecular weight is 448 g/mol. The standard InChI is InChI=1S/C22H33N5O3S/c1-4-20-19(21(5-2)30-26-20)16-25-22(23-3)24-15-17-11-13-27(14-12-17)31(28,29)18-9-7-6-8-10-18/h6-10,17H,4-5,11-16H2,1-3H3,(H2,23,24,25). The van der Waals surface area contributed by atoms with Crippen molar-refractivity contribution in [2.45, 2.75) is 51.0 Å². The molecule has 0 aliphatic carbocycles. The predicted molar refractivity (Wildman–Crippen MR) is 121 cm³/mol. The minimum Gasteiger partial charge on any atom is -0.361 e. The van der Waals surface area contributed by atoms with E-state index in [0.717, 1.165) is 55.2 Å². The fourth-order valence-electron chi connectivity index (χ4n) is 3.87. The van der Waals surface area contributed by atoms with E-state index in [-0.39, 0.29) is 0 Å². The number of benzene rings is 1. The Morgan fingerprint density at radius 3 is 2.48 bits per heavy atom. The second-order valence-corrected chi connectivity index (χ2v) is 9.64. The lowest BCUT2D eigenvalue weighted by Gasteiger charge is -2.31. The van der Waals surface area contributed by atoms with E-state index in [1.807, 2.05) is 6.07 Å². The molecule has 170 valence electrons. The topological polar surface area (TPSA) is 99.8 Å². The van der Waals surface area contributed by atoms with Gasteiger partial charge in [0.1, 0.15) is 5.76 Å². The van der Waals surface area contributed by atoms with E-state index in [0.29, 0.717) is 30.4 Å². The first-order chi connectivity index (χ1) is 15.0. The Balaban J connectivity index is 1.48. The fraction of sp³-hybridized carbons (Fsp3) is 0.545. The molecule has 0 amide bonds. The van der Waals surface area contributed by atoms with Gasteiger partial charge in [0.05, 0.1) is 10.6 Å². The van der Waals surface area contributed by atoms with Crippen LogP contribution in [0.15, 0.2) is 44.7 Å².